The van der Waals surface area contributed by atoms with E-state index in [9.17, 15) is 9.18 Å². The first-order chi connectivity index (χ1) is 10.4. The van der Waals surface area contributed by atoms with E-state index in [1.807, 2.05) is 0 Å². The SMILES string of the molecule is COC(=O)c1cc(F)ccc1-c1c(Br)cc(Br)c(OC)c1Br. The van der Waals surface area contributed by atoms with Gasteiger partial charge in [0.25, 0.3) is 0 Å². The van der Waals surface area contributed by atoms with Gasteiger partial charge in [-0.3, -0.25) is 0 Å². The quantitative estimate of drug-likeness (QED) is 0.521. The molecule has 0 saturated heterocycles. The minimum absolute atomic E-state index is 0.133. The van der Waals surface area contributed by atoms with Crippen molar-refractivity contribution < 1.29 is 18.7 Å². The maximum absolute atomic E-state index is 13.5. The van der Waals surface area contributed by atoms with E-state index in [4.69, 9.17) is 9.47 Å². The van der Waals surface area contributed by atoms with Crippen molar-refractivity contribution in [3.05, 3.63) is 49.1 Å². The lowest BCUT2D eigenvalue weighted by Gasteiger charge is -2.16. The van der Waals surface area contributed by atoms with Crippen LogP contribution >= 0.6 is 47.8 Å². The number of carbonyl (C=O) groups is 1. The van der Waals surface area contributed by atoms with Gasteiger partial charge in [0, 0.05) is 10.0 Å². The van der Waals surface area contributed by atoms with Gasteiger partial charge in [0.2, 0.25) is 0 Å². The maximum atomic E-state index is 13.5. The van der Waals surface area contributed by atoms with Gasteiger partial charge in [-0.25, -0.2) is 9.18 Å². The second-order valence-electron chi connectivity index (χ2n) is 4.24. The lowest BCUT2D eigenvalue weighted by atomic mass is 9.99. The van der Waals surface area contributed by atoms with E-state index in [2.05, 4.69) is 47.8 Å². The fourth-order valence-corrected chi connectivity index (χ4v) is 4.89. The molecule has 0 aliphatic rings. The molecule has 3 nitrogen and oxygen atoms in total. The zero-order valence-electron chi connectivity index (χ0n) is 11.5. The van der Waals surface area contributed by atoms with Crippen molar-refractivity contribution in [3.63, 3.8) is 0 Å². The Morgan fingerprint density at radius 2 is 1.77 bits per heavy atom. The monoisotopic (exact) mass is 494 g/mol. The van der Waals surface area contributed by atoms with Gasteiger partial charge in [0.05, 0.1) is 28.7 Å². The summed E-state index contributed by atoms with van der Waals surface area (Å²) in [6, 6.07) is 5.76. The highest BCUT2D eigenvalue weighted by Crippen LogP contribution is 2.46. The number of hydrogen-bond donors (Lipinski definition) is 0. The Bertz CT molecular complexity index is 747. The number of hydrogen-bond acceptors (Lipinski definition) is 3. The molecule has 22 heavy (non-hydrogen) atoms. The largest absolute Gasteiger partial charge is 0.494 e. The molecule has 0 fully saturated rings. The van der Waals surface area contributed by atoms with Crippen LogP contribution in [0.25, 0.3) is 11.1 Å². The molecule has 0 aliphatic heterocycles. The molecule has 0 unspecified atom stereocenters. The standard InChI is InChI=1S/C15H10Br3FO3/c1-21-14-11(17)6-10(16)12(13(14)18)8-4-3-7(19)5-9(8)15(20)22-2/h3-6H,1-2H3. The Hall–Kier alpha value is -0.920. The summed E-state index contributed by atoms with van der Waals surface area (Å²) in [5.41, 5.74) is 1.33. The van der Waals surface area contributed by atoms with E-state index < -0.39 is 11.8 Å². The molecule has 2 aromatic rings. The van der Waals surface area contributed by atoms with Gasteiger partial charge >= 0.3 is 5.97 Å². The number of esters is 1. The molecule has 0 saturated carbocycles. The number of benzene rings is 2. The number of halogens is 4. The second kappa shape index (κ2) is 7.10. The van der Waals surface area contributed by atoms with Crippen molar-refractivity contribution in [1.29, 1.82) is 0 Å². The molecule has 0 atom stereocenters. The summed E-state index contributed by atoms with van der Waals surface area (Å²) in [7, 11) is 2.79. The summed E-state index contributed by atoms with van der Waals surface area (Å²) in [4.78, 5) is 11.9. The van der Waals surface area contributed by atoms with Gasteiger partial charge in [0.1, 0.15) is 11.6 Å². The van der Waals surface area contributed by atoms with Gasteiger partial charge in [-0.15, -0.1) is 0 Å². The van der Waals surface area contributed by atoms with Crippen LogP contribution in [-0.4, -0.2) is 20.2 Å². The lowest BCUT2D eigenvalue weighted by Crippen LogP contribution is -2.05. The summed E-state index contributed by atoms with van der Waals surface area (Å²) in [6.45, 7) is 0. The smallest absolute Gasteiger partial charge is 0.338 e. The number of ether oxygens (including phenoxy) is 2. The van der Waals surface area contributed by atoms with Crippen molar-refractivity contribution in [2.24, 2.45) is 0 Å². The molecule has 2 aromatic carbocycles. The van der Waals surface area contributed by atoms with Crippen LogP contribution < -0.4 is 4.74 Å². The molecule has 2 rings (SSSR count). The fraction of sp³-hybridized carbons (Fsp3) is 0.133. The summed E-state index contributed by atoms with van der Waals surface area (Å²) in [6.07, 6.45) is 0. The fourth-order valence-electron chi connectivity index (χ4n) is 2.02. The van der Waals surface area contributed by atoms with Crippen LogP contribution in [-0.2, 0) is 4.74 Å². The van der Waals surface area contributed by atoms with Crippen molar-refractivity contribution >= 4 is 53.8 Å². The second-order valence-corrected chi connectivity index (χ2v) is 6.75. The zero-order chi connectivity index (χ0) is 16.4. The average molecular weight is 497 g/mol. The zero-order valence-corrected chi connectivity index (χ0v) is 16.3. The third-order valence-electron chi connectivity index (χ3n) is 2.99. The molecule has 0 aromatic heterocycles. The first-order valence-corrected chi connectivity index (χ1v) is 8.38. The number of carbonyl (C=O) groups excluding carboxylic acids is 1. The molecule has 0 N–H and O–H groups in total. The number of rotatable bonds is 3. The minimum atomic E-state index is -0.616. The molecule has 0 spiro atoms. The molecule has 116 valence electrons. The molecule has 0 bridgehead atoms. The van der Waals surface area contributed by atoms with Gasteiger partial charge in [-0.1, -0.05) is 22.0 Å². The van der Waals surface area contributed by atoms with Crippen LogP contribution in [0, 0.1) is 5.82 Å². The molecule has 0 amide bonds. The summed E-state index contributed by atoms with van der Waals surface area (Å²) >= 11 is 10.3. The van der Waals surface area contributed by atoms with Crippen molar-refractivity contribution in [2.75, 3.05) is 14.2 Å². The van der Waals surface area contributed by atoms with Gasteiger partial charge in [-0.05, 0) is 55.6 Å². The van der Waals surface area contributed by atoms with Crippen LogP contribution in [0.15, 0.2) is 37.7 Å². The van der Waals surface area contributed by atoms with E-state index in [0.29, 0.717) is 25.8 Å². The average Bonchev–Trinajstić information content (AvgIpc) is 2.47. The molecule has 0 radical (unpaired) electrons. The summed E-state index contributed by atoms with van der Waals surface area (Å²) < 4.78 is 25.7. The Morgan fingerprint density at radius 1 is 1.09 bits per heavy atom. The first-order valence-electron chi connectivity index (χ1n) is 6.00. The van der Waals surface area contributed by atoms with Gasteiger partial charge in [-0.2, -0.15) is 0 Å². The van der Waals surface area contributed by atoms with Crippen molar-refractivity contribution in [3.8, 4) is 16.9 Å². The van der Waals surface area contributed by atoms with Gasteiger partial charge < -0.3 is 9.47 Å². The van der Waals surface area contributed by atoms with E-state index in [1.165, 1.54) is 26.4 Å². The highest BCUT2D eigenvalue weighted by atomic mass is 79.9. The van der Waals surface area contributed by atoms with Crippen LogP contribution in [0.2, 0.25) is 0 Å². The van der Waals surface area contributed by atoms with E-state index in [0.717, 1.165) is 10.5 Å². The van der Waals surface area contributed by atoms with Crippen LogP contribution in [0.5, 0.6) is 5.75 Å². The van der Waals surface area contributed by atoms with E-state index in [1.54, 1.807) is 6.07 Å². The highest BCUT2D eigenvalue weighted by Gasteiger charge is 2.22. The van der Waals surface area contributed by atoms with Crippen LogP contribution in [0.4, 0.5) is 4.39 Å². The maximum Gasteiger partial charge on any atom is 0.338 e. The number of methoxy groups -OCH3 is 2. The predicted octanol–water partition coefficient (Wildman–Crippen LogP) is 5.58. The summed E-state index contributed by atoms with van der Waals surface area (Å²) in [5.74, 6) is -0.561. The molecular weight excluding hydrogens is 487 g/mol. The lowest BCUT2D eigenvalue weighted by molar-refractivity contribution is 0.0601. The molecule has 0 aliphatic carbocycles. The third kappa shape index (κ3) is 3.21. The van der Waals surface area contributed by atoms with Gasteiger partial charge in [0.15, 0.2) is 0 Å². The van der Waals surface area contributed by atoms with E-state index in [-0.39, 0.29) is 5.56 Å². The van der Waals surface area contributed by atoms with Crippen molar-refractivity contribution in [2.45, 2.75) is 0 Å². The molecule has 0 heterocycles. The van der Waals surface area contributed by atoms with E-state index >= 15 is 0 Å². The Labute approximate surface area is 152 Å². The third-order valence-corrected chi connectivity index (χ3v) is 4.96. The predicted molar refractivity (Wildman–Crippen MR) is 92.8 cm³/mol. The Morgan fingerprint density at radius 3 is 2.36 bits per heavy atom. The van der Waals surface area contributed by atoms with Crippen molar-refractivity contribution in [1.82, 2.24) is 0 Å². The topological polar surface area (TPSA) is 35.5 Å². The minimum Gasteiger partial charge on any atom is -0.494 e. The normalized spacial score (nSPS) is 10.5. The first kappa shape index (κ1) is 17.4. The Balaban J connectivity index is 2.80. The Kier molecular flexibility index (Phi) is 5.63. The highest BCUT2D eigenvalue weighted by molar-refractivity contribution is 9.11. The molecule has 7 heteroatoms. The summed E-state index contributed by atoms with van der Waals surface area (Å²) in [5, 5.41) is 0. The van der Waals surface area contributed by atoms with Crippen LogP contribution in [0.3, 0.4) is 0 Å². The molecular formula is C15H10Br3FO3. The van der Waals surface area contributed by atoms with Crippen LogP contribution in [0.1, 0.15) is 10.4 Å².